The molecule has 3 rings (SSSR count). The second-order valence-electron chi connectivity index (χ2n) is 8.96. The van der Waals surface area contributed by atoms with Gasteiger partial charge in [0, 0.05) is 18.0 Å². The summed E-state index contributed by atoms with van der Waals surface area (Å²) in [5.41, 5.74) is 8.18. The molecule has 1 heterocycles. The summed E-state index contributed by atoms with van der Waals surface area (Å²) < 4.78 is 0. The van der Waals surface area contributed by atoms with E-state index in [9.17, 15) is 0 Å². The van der Waals surface area contributed by atoms with Gasteiger partial charge in [0.1, 0.15) is 0 Å². The van der Waals surface area contributed by atoms with Gasteiger partial charge in [-0.15, -0.1) is 0 Å². The lowest BCUT2D eigenvalue weighted by atomic mass is 9.59. The Hall–Kier alpha value is -1.34. The molecular formula is C26H39N. The zero-order chi connectivity index (χ0) is 19.6. The molecule has 1 aromatic carbocycles. The molecule has 1 aliphatic carbocycles. The van der Waals surface area contributed by atoms with Crippen LogP contribution in [0.1, 0.15) is 77.0 Å². The standard InChI is InChI=1S/C26H39N/c1-7-19(4)18-27-16-15-26(25-20(5)11-10-12-23(25)9-3)17-22(8-2)13-14-24(26)21(27)6/h10-14,19,21H,7-9,15-18H2,1-6H3. The van der Waals surface area contributed by atoms with Crippen molar-refractivity contribution in [3.8, 4) is 0 Å². The molecule has 0 radical (unpaired) electrons. The van der Waals surface area contributed by atoms with Crippen molar-refractivity contribution >= 4 is 0 Å². The van der Waals surface area contributed by atoms with E-state index in [2.05, 4.69) is 76.8 Å². The Balaban J connectivity index is 2.09. The van der Waals surface area contributed by atoms with Gasteiger partial charge in [0.05, 0.1) is 0 Å². The van der Waals surface area contributed by atoms with Gasteiger partial charge in [-0.3, -0.25) is 4.90 Å². The summed E-state index contributed by atoms with van der Waals surface area (Å²) in [7, 11) is 0. The number of piperidine rings is 1. The van der Waals surface area contributed by atoms with Gasteiger partial charge in [-0.1, -0.05) is 70.0 Å². The van der Waals surface area contributed by atoms with Crippen LogP contribution in [0.4, 0.5) is 0 Å². The van der Waals surface area contributed by atoms with E-state index in [1.54, 1.807) is 22.3 Å². The van der Waals surface area contributed by atoms with E-state index in [0.717, 1.165) is 12.3 Å². The molecule has 1 fully saturated rings. The van der Waals surface area contributed by atoms with Crippen molar-refractivity contribution in [3.63, 3.8) is 0 Å². The van der Waals surface area contributed by atoms with E-state index in [-0.39, 0.29) is 5.41 Å². The van der Waals surface area contributed by atoms with Crippen LogP contribution in [0.3, 0.4) is 0 Å². The first kappa shape index (κ1) is 20.4. The van der Waals surface area contributed by atoms with E-state index in [0.29, 0.717) is 6.04 Å². The first-order chi connectivity index (χ1) is 13.0. The lowest BCUT2D eigenvalue weighted by Gasteiger charge is -2.51. The van der Waals surface area contributed by atoms with Crippen LogP contribution in [0.2, 0.25) is 0 Å². The van der Waals surface area contributed by atoms with Gasteiger partial charge in [0.15, 0.2) is 0 Å². The van der Waals surface area contributed by atoms with Crippen molar-refractivity contribution in [1.29, 1.82) is 0 Å². The summed E-state index contributed by atoms with van der Waals surface area (Å²) in [6, 6.07) is 7.49. The third-order valence-electron chi connectivity index (χ3n) is 7.32. The molecule has 0 saturated carbocycles. The van der Waals surface area contributed by atoms with Crippen LogP contribution in [0.15, 0.2) is 41.5 Å². The van der Waals surface area contributed by atoms with Crippen LogP contribution < -0.4 is 0 Å². The lowest BCUT2D eigenvalue weighted by molar-refractivity contribution is 0.136. The third kappa shape index (κ3) is 3.68. The maximum atomic E-state index is 2.74. The summed E-state index contributed by atoms with van der Waals surface area (Å²) in [5.74, 6) is 0.774. The summed E-state index contributed by atoms with van der Waals surface area (Å²) in [4.78, 5) is 2.74. The van der Waals surface area contributed by atoms with Gasteiger partial charge in [0.2, 0.25) is 0 Å². The largest absolute Gasteiger partial charge is 0.297 e. The average Bonchev–Trinajstić information content (AvgIpc) is 2.69. The van der Waals surface area contributed by atoms with Gasteiger partial charge in [-0.05, 0) is 74.3 Å². The Morgan fingerprint density at radius 1 is 1.15 bits per heavy atom. The van der Waals surface area contributed by atoms with Crippen molar-refractivity contribution in [2.24, 2.45) is 5.92 Å². The van der Waals surface area contributed by atoms with Gasteiger partial charge in [-0.2, -0.15) is 0 Å². The molecule has 0 N–H and O–H groups in total. The molecule has 3 unspecified atom stereocenters. The predicted octanol–water partition coefficient (Wildman–Crippen LogP) is 6.60. The van der Waals surface area contributed by atoms with Crippen LogP contribution in [-0.4, -0.2) is 24.0 Å². The van der Waals surface area contributed by atoms with Crippen molar-refractivity contribution in [3.05, 3.63) is 58.2 Å². The Morgan fingerprint density at radius 3 is 2.59 bits per heavy atom. The maximum Gasteiger partial charge on any atom is 0.0291 e. The number of benzene rings is 1. The number of allylic oxidation sites excluding steroid dienone is 3. The quantitative estimate of drug-likeness (QED) is 0.549. The van der Waals surface area contributed by atoms with Gasteiger partial charge < -0.3 is 0 Å². The number of aryl methyl sites for hydroxylation is 2. The van der Waals surface area contributed by atoms with E-state index in [1.165, 1.54) is 44.3 Å². The zero-order valence-corrected chi connectivity index (χ0v) is 18.4. The van der Waals surface area contributed by atoms with Crippen molar-refractivity contribution in [1.82, 2.24) is 4.90 Å². The number of likely N-dealkylation sites (tertiary alicyclic amines) is 1. The molecule has 1 heteroatoms. The molecule has 0 aromatic heterocycles. The fourth-order valence-corrected chi connectivity index (χ4v) is 5.50. The molecule has 0 amide bonds. The van der Waals surface area contributed by atoms with Crippen LogP contribution in [0.25, 0.3) is 0 Å². The van der Waals surface area contributed by atoms with Crippen molar-refractivity contribution in [2.45, 2.75) is 85.1 Å². The minimum absolute atomic E-state index is 0.210. The molecule has 0 spiro atoms. The highest BCUT2D eigenvalue weighted by Gasteiger charge is 2.46. The molecule has 2 aliphatic rings. The maximum absolute atomic E-state index is 2.74. The molecule has 148 valence electrons. The highest BCUT2D eigenvalue weighted by Crippen LogP contribution is 2.51. The highest BCUT2D eigenvalue weighted by atomic mass is 15.2. The van der Waals surface area contributed by atoms with E-state index < -0.39 is 0 Å². The number of hydrogen-bond donors (Lipinski definition) is 0. The zero-order valence-electron chi connectivity index (χ0n) is 18.4. The third-order valence-corrected chi connectivity index (χ3v) is 7.32. The normalized spacial score (nSPS) is 27.0. The van der Waals surface area contributed by atoms with E-state index >= 15 is 0 Å². The smallest absolute Gasteiger partial charge is 0.0291 e. The molecular weight excluding hydrogens is 326 g/mol. The fraction of sp³-hybridized carbons (Fsp3) is 0.615. The monoisotopic (exact) mass is 365 g/mol. The van der Waals surface area contributed by atoms with Crippen LogP contribution in [-0.2, 0) is 11.8 Å². The number of fused-ring (bicyclic) bond motifs is 1. The molecule has 1 nitrogen and oxygen atoms in total. The molecule has 1 saturated heterocycles. The highest BCUT2D eigenvalue weighted by molar-refractivity contribution is 5.53. The Morgan fingerprint density at radius 2 is 1.93 bits per heavy atom. The topological polar surface area (TPSA) is 3.24 Å². The minimum Gasteiger partial charge on any atom is -0.297 e. The van der Waals surface area contributed by atoms with E-state index in [4.69, 9.17) is 0 Å². The number of rotatable bonds is 6. The summed E-state index contributed by atoms with van der Waals surface area (Å²) in [5, 5.41) is 0. The summed E-state index contributed by atoms with van der Waals surface area (Å²) in [6.45, 7) is 16.6. The SMILES string of the molecule is CCC1=CC=C2C(C)N(CC(C)CC)CCC2(c2c(C)cccc2CC)C1. The summed E-state index contributed by atoms with van der Waals surface area (Å²) >= 11 is 0. The minimum atomic E-state index is 0.210. The average molecular weight is 366 g/mol. The Kier molecular flexibility index (Phi) is 6.31. The second-order valence-corrected chi connectivity index (χ2v) is 8.96. The second kappa shape index (κ2) is 8.35. The fourth-order valence-electron chi connectivity index (χ4n) is 5.50. The summed E-state index contributed by atoms with van der Waals surface area (Å²) in [6.07, 6.45) is 11.0. The van der Waals surface area contributed by atoms with Gasteiger partial charge >= 0.3 is 0 Å². The Bertz CT molecular complexity index is 726. The first-order valence-corrected chi connectivity index (χ1v) is 11.2. The van der Waals surface area contributed by atoms with Gasteiger partial charge in [0.25, 0.3) is 0 Å². The Labute approximate surface area is 167 Å². The van der Waals surface area contributed by atoms with Crippen LogP contribution in [0.5, 0.6) is 0 Å². The predicted molar refractivity (Wildman–Crippen MR) is 118 cm³/mol. The first-order valence-electron chi connectivity index (χ1n) is 11.2. The van der Waals surface area contributed by atoms with Gasteiger partial charge in [-0.25, -0.2) is 0 Å². The van der Waals surface area contributed by atoms with Crippen LogP contribution >= 0.6 is 0 Å². The number of nitrogens with zero attached hydrogens (tertiary/aromatic N) is 1. The number of hydrogen-bond acceptors (Lipinski definition) is 1. The van der Waals surface area contributed by atoms with E-state index in [1.807, 2.05) is 0 Å². The van der Waals surface area contributed by atoms with Crippen molar-refractivity contribution in [2.75, 3.05) is 13.1 Å². The molecule has 27 heavy (non-hydrogen) atoms. The molecule has 0 bridgehead atoms. The molecule has 3 atom stereocenters. The molecule has 1 aliphatic heterocycles. The van der Waals surface area contributed by atoms with Crippen molar-refractivity contribution < 1.29 is 0 Å². The van der Waals surface area contributed by atoms with Crippen LogP contribution in [0, 0.1) is 12.8 Å². The lowest BCUT2D eigenvalue weighted by Crippen LogP contribution is -2.52. The molecule has 1 aromatic rings.